The Morgan fingerprint density at radius 3 is 2.29 bits per heavy atom. The maximum atomic E-state index is 11.6. The SMILES string of the molecule is COC(=O)c1ccc(C(C)(C)C)c(N=C(N)N=C(N)N)c1. The second-order valence-corrected chi connectivity index (χ2v) is 5.48. The van der Waals surface area contributed by atoms with E-state index in [1.807, 2.05) is 26.8 Å². The van der Waals surface area contributed by atoms with Crippen molar-refractivity contribution in [3.63, 3.8) is 0 Å². The highest BCUT2D eigenvalue weighted by molar-refractivity contribution is 5.95. The fourth-order valence-corrected chi connectivity index (χ4v) is 1.78. The molecule has 0 bridgehead atoms. The van der Waals surface area contributed by atoms with Crippen LogP contribution in [0.25, 0.3) is 0 Å². The molecule has 0 saturated heterocycles. The van der Waals surface area contributed by atoms with E-state index in [4.69, 9.17) is 21.9 Å². The maximum Gasteiger partial charge on any atom is 0.337 e. The fraction of sp³-hybridized carbons (Fsp3) is 0.357. The number of carbonyl (C=O) groups excluding carboxylic acids is 1. The second kappa shape index (κ2) is 6.25. The van der Waals surface area contributed by atoms with Crippen LogP contribution in [0.2, 0.25) is 0 Å². The number of rotatable bonds is 2. The minimum Gasteiger partial charge on any atom is -0.465 e. The van der Waals surface area contributed by atoms with Gasteiger partial charge in [-0.3, -0.25) is 0 Å². The molecule has 0 aliphatic carbocycles. The van der Waals surface area contributed by atoms with Crippen molar-refractivity contribution in [3.8, 4) is 0 Å². The van der Waals surface area contributed by atoms with Gasteiger partial charge in [-0.25, -0.2) is 9.79 Å². The summed E-state index contributed by atoms with van der Waals surface area (Å²) in [5, 5.41) is 0. The number of nitrogens with zero attached hydrogens (tertiary/aromatic N) is 2. The van der Waals surface area contributed by atoms with Gasteiger partial charge in [0.15, 0.2) is 5.96 Å². The third-order valence-corrected chi connectivity index (χ3v) is 2.71. The van der Waals surface area contributed by atoms with Crippen LogP contribution in [0, 0.1) is 0 Å². The summed E-state index contributed by atoms with van der Waals surface area (Å²) in [5.74, 6) is -0.715. The Labute approximate surface area is 123 Å². The Morgan fingerprint density at radius 1 is 1.19 bits per heavy atom. The van der Waals surface area contributed by atoms with Crippen molar-refractivity contribution in [2.75, 3.05) is 7.11 Å². The molecule has 7 nitrogen and oxygen atoms in total. The third kappa shape index (κ3) is 4.48. The van der Waals surface area contributed by atoms with Gasteiger partial charge in [-0.15, -0.1) is 0 Å². The molecule has 1 rings (SSSR count). The highest BCUT2D eigenvalue weighted by Crippen LogP contribution is 2.32. The van der Waals surface area contributed by atoms with Gasteiger partial charge in [0.1, 0.15) is 0 Å². The molecule has 6 N–H and O–H groups in total. The first-order valence-corrected chi connectivity index (χ1v) is 6.31. The van der Waals surface area contributed by atoms with E-state index in [9.17, 15) is 4.79 Å². The number of benzene rings is 1. The fourth-order valence-electron chi connectivity index (χ4n) is 1.78. The molecule has 7 heteroatoms. The van der Waals surface area contributed by atoms with Crippen molar-refractivity contribution in [1.82, 2.24) is 0 Å². The normalized spacial score (nSPS) is 11.9. The molecule has 21 heavy (non-hydrogen) atoms. The first kappa shape index (κ1) is 16.5. The highest BCUT2D eigenvalue weighted by atomic mass is 16.5. The molecule has 0 aromatic heterocycles. The summed E-state index contributed by atoms with van der Waals surface area (Å²) in [6, 6.07) is 5.09. The van der Waals surface area contributed by atoms with Gasteiger partial charge in [-0.2, -0.15) is 4.99 Å². The number of aliphatic imine (C=N–C) groups is 2. The summed E-state index contributed by atoms with van der Waals surface area (Å²) in [6.45, 7) is 6.07. The van der Waals surface area contributed by atoms with Crippen molar-refractivity contribution in [2.24, 2.45) is 27.2 Å². The summed E-state index contributed by atoms with van der Waals surface area (Å²) < 4.78 is 4.70. The Balaban J connectivity index is 3.43. The Bertz CT molecular complexity index is 596. The molecular weight excluding hydrogens is 270 g/mol. The highest BCUT2D eigenvalue weighted by Gasteiger charge is 2.20. The average molecular weight is 291 g/mol. The van der Waals surface area contributed by atoms with Crippen molar-refractivity contribution in [2.45, 2.75) is 26.2 Å². The monoisotopic (exact) mass is 291 g/mol. The molecular formula is C14H21N5O2. The summed E-state index contributed by atoms with van der Waals surface area (Å²) in [7, 11) is 1.32. The number of hydrogen-bond acceptors (Lipinski definition) is 3. The van der Waals surface area contributed by atoms with Crippen LogP contribution in [0.4, 0.5) is 5.69 Å². The van der Waals surface area contributed by atoms with Crippen LogP contribution >= 0.6 is 0 Å². The molecule has 0 atom stereocenters. The van der Waals surface area contributed by atoms with Gasteiger partial charge in [-0.05, 0) is 23.1 Å². The topological polar surface area (TPSA) is 129 Å². The van der Waals surface area contributed by atoms with Crippen LogP contribution in [0.3, 0.4) is 0 Å². The number of methoxy groups -OCH3 is 1. The number of guanidine groups is 2. The first-order chi connectivity index (χ1) is 9.65. The first-order valence-electron chi connectivity index (χ1n) is 6.31. The summed E-state index contributed by atoms with van der Waals surface area (Å²) in [5.41, 5.74) is 17.8. The van der Waals surface area contributed by atoms with Crippen LogP contribution in [0.15, 0.2) is 28.2 Å². The minimum atomic E-state index is -0.452. The molecule has 0 unspecified atom stereocenters. The van der Waals surface area contributed by atoms with E-state index in [-0.39, 0.29) is 17.3 Å². The van der Waals surface area contributed by atoms with E-state index in [0.717, 1.165) is 5.56 Å². The molecule has 0 spiro atoms. The van der Waals surface area contributed by atoms with E-state index in [1.54, 1.807) is 12.1 Å². The van der Waals surface area contributed by atoms with E-state index in [0.29, 0.717) is 11.3 Å². The van der Waals surface area contributed by atoms with Crippen molar-refractivity contribution in [3.05, 3.63) is 29.3 Å². The maximum absolute atomic E-state index is 11.6. The van der Waals surface area contributed by atoms with Crippen molar-refractivity contribution >= 4 is 23.6 Å². The standard InChI is InChI=1S/C14H21N5O2/c1-14(2,3)9-6-5-8(11(20)21-4)7-10(9)18-13(17)19-12(15)16/h5-7H,1-4H3,(H6,15,16,17,18,19). The number of carbonyl (C=O) groups is 1. The van der Waals surface area contributed by atoms with E-state index in [1.165, 1.54) is 7.11 Å². The predicted octanol–water partition coefficient (Wildman–Crippen LogP) is 0.990. The molecule has 1 aromatic carbocycles. The van der Waals surface area contributed by atoms with Crippen LogP contribution in [0.5, 0.6) is 0 Å². The zero-order valence-corrected chi connectivity index (χ0v) is 12.7. The Hall–Kier alpha value is -2.57. The second-order valence-electron chi connectivity index (χ2n) is 5.48. The van der Waals surface area contributed by atoms with Gasteiger partial charge in [0.2, 0.25) is 5.96 Å². The van der Waals surface area contributed by atoms with Crippen LogP contribution in [-0.4, -0.2) is 25.0 Å². The Morgan fingerprint density at radius 2 is 1.81 bits per heavy atom. The Kier molecular flexibility index (Phi) is 4.91. The number of esters is 1. The van der Waals surface area contributed by atoms with Crippen molar-refractivity contribution < 1.29 is 9.53 Å². The van der Waals surface area contributed by atoms with E-state index in [2.05, 4.69) is 9.98 Å². The number of ether oxygens (including phenoxy) is 1. The molecule has 0 aliphatic heterocycles. The molecule has 1 aromatic rings. The molecule has 0 saturated carbocycles. The molecule has 0 aliphatic rings. The quantitative estimate of drug-likeness (QED) is 0.425. The predicted molar refractivity (Wildman–Crippen MR) is 83.6 cm³/mol. The zero-order chi connectivity index (χ0) is 16.2. The largest absolute Gasteiger partial charge is 0.465 e. The zero-order valence-electron chi connectivity index (χ0n) is 12.7. The third-order valence-electron chi connectivity index (χ3n) is 2.71. The number of hydrogen-bond donors (Lipinski definition) is 3. The van der Waals surface area contributed by atoms with Crippen LogP contribution < -0.4 is 17.2 Å². The lowest BCUT2D eigenvalue weighted by Crippen LogP contribution is -2.26. The lowest BCUT2D eigenvalue weighted by Gasteiger charge is -2.21. The van der Waals surface area contributed by atoms with Gasteiger partial charge in [0.05, 0.1) is 18.4 Å². The lowest BCUT2D eigenvalue weighted by molar-refractivity contribution is 0.0600. The van der Waals surface area contributed by atoms with Gasteiger partial charge in [0.25, 0.3) is 0 Å². The molecule has 114 valence electrons. The molecule has 0 heterocycles. The average Bonchev–Trinajstić information content (AvgIpc) is 2.35. The minimum absolute atomic E-state index is 0.0810. The van der Waals surface area contributed by atoms with Gasteiger partial charge in [-0.1, -0.05) is 26.8 Å². The lowest BCUT2D eigenvalue weighted by atomic mass is 9.85. The number of nitrogens with two attached hydrogens (primary N) is 3. The summed E-state index contributed by atoms with van der Waals surface area (Å²) in [6.07, 6.45) is 0. The molecule has 0 radical (unpaired) electrons. The van der Waals surface area contributed by atoms with Crippen LogP contribution in [0.1, 0.15) is 36.7 Å². The van der Waals surface area contributed by atoms with Gasteiger partial charge in [0, 0.05) is 0 Å². The van der Waals surface area contributed by atoms with Crippen LogP contribution in [-0.2, 0) is 10.2 Å². The van der Waals surface area contributed by atoms with Gasteiger partial charge >= 0.3 is 5.97 Å². The van der Waals surface area contributed by atoms with Gasteiger partial charge < -0.3 is 21.9 Å². The van der Waals surface area contributed by atoms with E-state index < -0.39 is 5.97 Å². The molecule has 0 amide bonds. The van der Waals surface area contributed by atoms with Crippen molar-refractivity contribution in [1.29, 1.82) is 0 Å². The summed E-state index contributed by atoms with van der Waals surface area (Å²) in [4.78, 5) is 19.5. The van der Waals surface area contributed by atoms with E-state index >= 15 is 0 Å². The smallest absolute Gasteiger partial charge is 0.337 e. The summed E-state index contributed by atoms with van der Waals surface area (Å²) >= 11 is 0. The molecule has 0 fully saturated rings.